The molecule has 0 bridgehead atoms. The highest BCUT2D eigenvalue weighted by Crippen LogP contribution is 2.42. The second-order valence-corrected chi connectivity index (χ2v) is 8.36. The summed E-state index contributed by atoms with van der Waals surface area (Å²) in [6.45, 7) is 5.25. The van der Waals surface area contributed by atoms with Crippen molar-refractivity contribution in [1.29, 1.82) is 0 Å². The van der Waals surface area contributed by atoms with Crippen LogP contribution in [0.4, 0.5) is 0 Å². The van der Waals surface area contributed by atoms with Crippen LogP contribution in [0.1, 0.15) is 36.1 Å². The van der Waals surface area contributed by atoms with Crippen LogP contribution in [0, 0.1) is 6.92 Å². The van der Waals surface area contributed by atoms with Gasteiger partial charge in [0, 0.05) is 31.0 Å². The van der Waals surface area contributed by atoms with Gasteiger partial charge in [0.2, 0.25) is 0 Å². The Balaban J connectivity index is 1.77. The fourth-order valence-corrected chi connectivity index (χ4v) is 4.30. The van der Waals surface area contributed by atoms with Crippen molar-refractivity contribution in [2.75, 3.05) is 20.3 Å². The minimum atomic E-state index is -0.760. The Morgan fingerprint density at radius 1 is 1.09 bits per heavy atom. The van der Waals surface area contributed by atoms with Gasteiger partial charge >= 0.3 is 0 Å². The Morgan fingerprint density at radius 2 is 1.86 bits per heavy atom. The van der Waals surface area contributed by atoms with Gasteiger partial charge in [-0.25, -0.2) is 4.98 Å². The molecule has 0 spiro atoms. The fourth-order valence-electron chi connectivity index (χ4n) is 4.30. The maximum Gasteiger partial charge on any atom is 0.295 e. The highest BCUT2D eigenvalue weighted by Gasteiger charge is 2.46. The second-order valence-electron chi connectivity index (χ2n) is 8.36. The summed E-state index contributed by atoms with van der Waals surface area (Å²) < 4.78 is 13.1. The molecule has 1 amide bonds. The van der Waals surface area contributed by atoms with Crippen LogP contribution in [-0.2, 0) is 16.1 Å². The maximum absolute atomic E-state index is 13.2. The van der Waals surface area contributed by atoms with Gasteiger partial charge in [-0.2, -0.15) is 0 Å². The summed E-state index contributed by atoms with van der Waals surface area (Å²) in [5.74, 6) is -0.484. The third-order valence-electron chi connectivity index (χ3n) is 6.04. The Morgan fingerprint density at radius 3 is 2.51 bits per heavy atom. The molecule has 182 valence electrons. The second kappa shape index (κ2) is 10.5. The molecule has 0 aliphatic carbocycles. The smallest absolute Gasteiger partial charge is 0.295 e. The summed E-state index contributed by atoms with van der Waals surface area (Å²) in [5.41, 5.74) is 2.22. The van der Waals surface area contributed by atoms with Gasteiger partial charge in [-0.3, -0.25) is 9.59 Å². The van der Waals surface area contributed by atoms with Gasteiger partial charge in [0.15, 0.2) is 11.5 Å². The first-order chi connectivity index (χ1) is 16.9. The number of aliphatic hydroxyl groups is 1. The number of hydrogen-bond donors (Lipinski definition) is 1. The summed E-state index contributed by atoms with van der Waals surface area (Å²) in [7, 11) is 1.54. The molecule has 0 radical (unpaired) electrons. The van der Waals surface area contributed by atoms with Gasteiger partial charge in [-0.1, -0.05) is 35.9 Å². The Hall–Kier alpha value is -4.07. The molecule has 35 heavy (non-hydrogen) atoms. The number of benzene rings is 2. The zero-order valence-corrected chi connectivity index (χ0v) is 20.1. The highest BCUT2D eigenvalue weighted by molar-refractivity contribution is 6.46. The molecule has 1 aromatic heterocycles. The van der Waals surface area contributed by atoms with Gasteiger partial charge in [0.05, 0.1) is 31.7 Å². The van der Waals surface area contributed by atoms with E-state index in [2.05, 4.69) is 4.98 Å². The van der Waals surface area contributed by atoms with Crippen molar-refractivity contribution < 1.29 is 24.2 Å². The number of imidazole rings is 1. The third kappa shape index (κ3) is 4.91. The molecule has 8 heteroatoms. The molecule has 0 unspecified atom stereocenters. The third-order valence-corrected chi connectivity index (χ3v) is 6.04. The van der Waals surface area contributed by atoms with E-state index in [9.17, 15) is 14.7 Å². The molecule has 3 aromatic rings. The van der Waals surface area contributed by atoms with Crippen molar-refractivity contribution in [3.63, 3.8) is 0 Å². The lowest BCUT2D eigenvalue weighted by Gasteiger charge is -2.26. The minimum absolute atomic E-state index is 0.0627. The average Bonchev–Trinajstić information content (AvgIpc) is 3.47. The van der Waals surface area contributed by atoms with Crippen molar-refractivity contribution in [2.24, 2.45) is 0 Å². The van der Waals surface area contributed by atoms with Crippen molar-refractivity contribution in [2.45, 2.75) is 32.9 Å². The summed E-state index contributed by atoms with van der Waals surface area (Å²) in [4.78, 5) is 31.9. The molecule has 4 rings (SSSR count). The zero-order valence-electron chi connectivity index (χ0n) is 20.1. The van der Waals surface area contributed by atoms with Crippen LogP contribution in [0.15, 0.2) is 66.8 Å². The largest absolute Gasteiger partial charge is 0.507 e. The predicted octanol–water partition coefficient (Wildman–Crippen LogP) is 4.11. The normalized spacial score (nSPS) is 17.1. The van der Waals surface area contributed by atoms with Gasteiger partial charge in [0.25, 0.3) is 11.7 Å². The predicted molar refractivity (Wildman–Crippen MR) is 131 cm³/mol. The van der Waals surface area contributed by atoms with Crippen LogP contribution >= 0.6 is 0 Å². The van der Waals surface area contributed by atoms with E-state index in [0.29, 0.717) is 48.7 Å². The number of rotatable bonds is 9. The van der Waals surface area contributed by atoms with Gasteiger partial charge in [0.1, 0.15) is 5.76 Å². The molecule has 1 aliphatic heterocycles. The molecule has 1 fully saturated rings. The molecule has 2 heterocycles. The number of carbonyl (C=O) groups is 2. The molecular formula is C27H29N3O5. The molecular weight excluding hydrogens is 446 g/mol. The lowest BCUT2D eigenvalue weighted by Crippen LogP contribution is -2.31. The average molecular weight is 476 g/mol. The lowest BCUT2D eigenvalue weighted by atomic mass is 9.94. The summed E-state index contributed by atoms with van der Waals surface area (Å²) >= 11 is 0. The number of methoxy groups -OCH3 is 1. The maximum atomic E-state index is 13.2. The number of aryl methyl sites for hydroxylation is 2. The first-order valence-corrected chi connectivity index (χ1v) is 11.6. The first kappa shape index (κ1) is 24.1. The molecule has 1 aliphatic rings. The molecule has 1 N–H and O–H groups in total. The van der Waals surface area contributed by atoms with Gasteiger partial charge in [-0.05, 0) is 38.0 Å². The topological polar surface area (TPSA) is 93.9 Å². The van der Waals surface area contributed by atoms with Crippen molar-refractivity contribution in [3.05, 3.63) is 83.4 Å². The number of Topliss-reactive ketones (excluding diaryl/α,β-unsaturated/α-hetero) is 1. The summed E-state index contributed by atoms with van der Waals surface area (Å²) in [6, 6.07) is 11.7. The molecule has 8 nitrogen and oxygen atoms in total. The summed E-state index contributed by atoms with van der Waals surface area (Å²) in [5, 5.41) is 11.2. The van der Waals surface area contributed by atoms with Crippen LogP contribution in [0.25, 0.3) is 5.76 Å². The van der Waals surface area contributed by atoms with Gasteiger partial charge in [-0.15, -0.1) is 0 Å². The first-order valence-electron chi connectivity index (χ1n) is 11.6. The Bertz CT molecular complexity index is 1230. The number of aromatic nitrogens is 2. The number of ether oxygens (including phenoxy) is 2. The van der Waals surface area contributed by atoms with E-state index in [1.165, 1.54) is 12.0 Å². The highest BCUT2D eigenvalue weighted by atomic mass is 16.5. The van der Waals surface area contributed by atoms with E-state index in [0.717, 1.165) is 5.56 Å². The van der Waals surface area contributed by atoms with Crippen molar-refractivity contribution >= 4 is 17.4 Å². The minimum Gasteiger partial charge on any atom is -0.507 e. The summed E-state index contributed by atoms with van der Waals surface area (Å²) in [6.07, 6.45) is 5.86. The van der Waals surface area contributed by atoms with Crippen LogP contribution in [0.5, 0.6) is 11.5 Å². The number of hydrogen-bond acceptors (Lipinski definition) is 6. The molecule has 1 atom stereocenters. The van der Waals surface area contributed by atoms with Crippen LogP contribution in [0.3, 0.4) is 0 Å². The molecule has 2 aromatic carbocycles. The molecule has 0 saturated carbocycles. The number of ketones is 1. The Labute approximate surface area is 204 Å². The fraction of sp³-hybridized carbons (Fsp3) is 0.296. The van der Waals surface area contributed by atoms with E-state index >= 15 is 0 Å². The zero-order chi connectivity index (χ0) is 24.9. The van der Waals surface area contributed by atoms with E-state index in [1.807, 2.05) is 36.7 Å². The number of likely N-dealkylation sites (tertiary alicyclic amines) is 1. The number of aliphatic hydroxyl groups excluding tert-OH is 1. The monoisotopic (exact) mass is 475 g/mol. The number of amides is 1. The van der Waals surface area contributed by atoms with Crippen molar-refractivity contribution in [3.8, 4) is 11.5 Å². The molecule has 1 saturated heterocycles. The van der Waals surface area contributed by atoms with Crippen LogP contribution in [-0.4, -0.2) is 51.5 Å². The van der Waals surface area contributed by atoms with Gasteiger partial charge < -0.3 is 24.0 Å². The van der Waals surface area contributed by atoms with Crippen molar-refractivity contribution in [1.82, 2.24) is 14.5 Å². The van der Waals surface area contributed by atoms with Crippen LogP contribution < -0.4 is 9.47 Å². The lowest BCUT2D eigenvalue weighted by molar-refractivity contribution is -0.139. The van der Waals surface area contributed by atoms with E-state index in [1.54, 1.807) is 42.9 Å². The SMILES string of the molecule is CCOc1ccc([C@H]2C(=C(O)c3ccc(C)cc3)C(=O)C(=O)N2CCCn2ccnc2)cc1OC. The van der Waals surface area contributed by atoms with Crippen LogP contribution in [0.2, 0.25) is 0 Å². The van der Waals surface area contributed by atoms with E-state index in [-0.39, 0.29) is 11.3 Å². The Kier molecular flexibility index (Phi) is 7.19. The quantitative estimate of drug-likeness (QED) is 0.284. The number of nitrogens with zero attached hydrogens (tertiary/aromatic N) is 3. The standard InChI is InChI=1S/C27H29N3O5/c1-4-35-21-11-10-20(16-22(21)34-3)24-23(25(31)19-8-6-18(2)7-9-19)26(32)27(33)30(24)14-5-13-29-15-12-28-17-29/h6-12,15-17,24,31H,4-5,13-14H2,1-3H3/t24-/m0/s1. The van der Waals surface area contributed by atoms with E-state index < -0.39 is 17.7 Å². The number of carbonyl (C=O) groups excluding carboxylic acids is 2. The van der Waals surface area contributed by atoms with E-state index in [4.69, 9.17) is 9.47 Å².